The van der Waals surface area contributed by atoms with Gasteiger partial charge in [-0.2, -0.15) is 9.36 Å². The van der Waals surface area contributed by atoms with Crippen LogP contribution in [0.25, 0.3) is 0 Å². The normalized spacial score (nSPS) is 17.9. The Bertz CT molecular complexity index is 571. The minimum Gasteiger partial charge on any atom is -0.480 e. The highest BCUT2D eigenvalue weighted by atomic mass is 32.2. The third-order valence-corrected chi connectivity index (χ3v) is 4.43. The predicted octanol–water partition coefficient (Wildman–Crippen LogP) is 3.58. The van der Waals surface area contributed by atoms with Crippen LogP contribution in [0.4, 0.5) is 5.13 Å². The van der Waals surface area contributed by atoms with Crippen molar-refractivity contribution in [1.29, 1.82) is 0 Å². The van der Waals surface area contributed by atoms with Crippen LogP contribution in [0.15, 0.2) is 29.2 Å². The summed E-state index contributed by atoms with van der Waals surface area (Å²) in [6.07, 6.45) is -0.0566. The van der Waals surface area contributed by atoms with Crippen LogP contribution < -0.4 is 10.1 Å². The Labute approximate surface area is 120 Å². The number of hydrogen-bond donors (Lipinski definition) is 1. The van der Waals surface area contributed by atoms with Gasteiger partial charge in [0.25, 0.3) is 0 Å². The molecule has 6 heteroatoms. The van der Waals surface area contributed by atoms with Gasteiger partial charge in [0, 0.05) is 28.2 Å². The summed E-state index contributed by atoms with van der Waals surface area (Å²) in [5.41, 5.74) is 0. The number of para-hydroxylation sites is 1. The molecule has 3 rings (SSSR count). The average molecular weight is 293 g/mol. The van der Waals surface area contributed by atoms with E-state index >= 15 is 0 Å². The number of nitrogens with zero attached hydrogens (tertiary/aromatic N) is 2. The van der Waals surface area contributed by atoms with Crippen molar-refractivity contribution >= 4 is 28.4 Å². The number of nitrogens with one attached hydrogen (secondary N) is 1. The lowest BCUT2D eigenvalue weighted by Crippen LogP contribution is -2.16. The van der Waals surface area contributed by atoms with Crippen LogP contribution >= 0.6 is 23.3 Å². The van der Waals surface area contributed by atoms with Gasteiger partial charge in [-0.3, -0.25) is 0 Å². The Morgan fingerprint density at radius 2 is 2.21 bits per heavy atom. The monoisotopic (exact) mass is 293 g/mol. The summed E-state index contributed by atoms with van der Waals surface area (Å²) in [6, 6.07) is 8.46. The molecule has 1 unspecified atom stereocenters. The summed E-state index contributed by atoms with van der Waals surface area (Å²) in [5.74, 6) is 2.56. The Morgan fingerprint density at radius 3 is 3.05 bits per heavy atom. The van der Waals surface area contributed by atoms with Gasteiger partial charge >= 0.3 is 0 Å². The largest absolute Gasteiger partial charge is 0.480 e. The molecule has 0 bridgehead atoms. The molecule has 4 nitrogen and oxygen atoms in total. The van der Waals surface area contributed by atoms with E-state index in [1.54, 1.807) is 11.8 Å². The maximum atomic E-state index is 5.97. The summed E-state index contributed by atoms with van der Waals surface area (Å²) >= 11 is 3.19. The Hall–Kier alpha value is -1.27. The first-order valence-corrected chi connectivity index (χ1v) is 7.97. The lowest BCUT2D eigenvalue weighted by Gasteiger charge is -2.23. The summed E-state index contributed by atoms with van der Waals surface area (Å²) in [6.45, 7) is 4.18. The van der Waals surface area contributed by atoms with E-state index in [0.717, 1.165) is 22.5 Å². The molecule has 0 fully saturated rings. The molecule has 2 aromatic rings. The zero-order chi connectivity index (χ0) is 13.2. The van der Waals surface area contributed by atoms with Crippen LogP contribution in [0.2, 0.25) is 0 Å². The van der Waals surface area contributed by atoms with E-state index in [1.165, 1.54) is 16.4 Å². The first-order chi connectivity index (χ1) is 9.22. The molecular weight excluding hydrogens is 278 g/mol. The molecule has 19 heavy (non-hydrogen) atoms. The van der Waals surface area contributed by atoms with Crippen molar-refractivity contribution in [3.05, 3.63) is 30.1 Å². The van der Waals surface area contributed by atoms with Crippen LogP contribution in [0.5, 0.6) is 5.75 Å². The van der Waals surface area contributed by atoms with Crippen molar-refractivity contribution < 1.29 is 4.74 Å². The fraction of sp³-hybridized carbons (Fsp3) is 0.385. The highest BCUT2D eigenvalue weighted by Gasteiger charge is 2.25. The molecule has 1 aromatic heterocycles. The topological polar surface area (TPSA) is 47.0 Å². The first-order valence-electron chi connectivity index (χ1n) is 6.21. The summed E-state index contributed by atoms with van der Waals surface area (Å²) < 4.78 is 10.4. The van der Waals surface area contributed by atoms with E-state index in [4.69, 9.17) is 4.74 Å². The van der Waals surface area contributed by atoms with Gasteiger partial charge in [0.05, 0.1) is 0 Å². The number of aromatic nitrogens is 2. The molecule has 0 radical (unpaired) electrons. The standard InChI is InChI=1S/C13H15N3OS2/c1-8(2)14-13-15-12(16-19-13)10-7-18-11-6-4-3-5-9(11)17-10/h3-6,8,10H,7H2,1-2H3,(H,14,15,16). The van der Waals surface area contributed by atoms with Gasteiger partial charge in [0.15, 0.2) is 11.9 Å². The fourth-order valence-electron chi connectivity index (χ4n) is 1.82. The van der Waals surface area contributed by atoms with Crippen LogP contribution in [-0.4, -0.2) is 21.2 Å². The molecule has 100 valence electrons. The van der Waals surface area contributed by atoms with Crippen molar-refractivity contribution in [2.45, 2.75) is 30.9 Å². The minimum atomic E-state index is -0.0566. The third-order valence-electron chi connectivity index (χ3n) is 2.65. The van der Waals surface area contributed by atoms with Gasteiger partial charge in [-0.1, -0.05) is 12.1 Å². The van der Waals surface area contributed by atoms with Crippen LogP contribution in [0, 0.1) is 0 Å². The van der Waals surface area contributed by atoms with Gasteiger partial charge < -0.3 is 10.1 Å². The Kier molecular flexibility index (Phi) is 3.61. The molecule has 1 aliphatic rings. The average Bonchev–Trinajstić information content (AvgIpc) is 2.86. The van der Waals surface area contributed by atoms with Gasteiger partial charge in [0.2, 0.25) is 5.13 Å². The number of ether oxygens (including phenoxy) is 1. The van der Waals surface area contributed by atoms with Crippen molar-refractivity contribution in [3.8, 4) is 5.75 Å². The van der Waals surface area contributed by atoms with E-state index in [9.17, 15) is 0 Å². The molecular formula is C13H15N3OS2. The second kappa shape index (κ2) is 5.38. The lowest BCUT2D eigenvalue weighted by atomic mass is 10.3. The number of hydrogen-bond acceptors (Lipinski definition) is 6. The molecule has 1 N–H and O–H groups in total. The van der Waals surface area contributed by atoms with Crippen LogP contribution in [-0.2, 0) is 0 Å². The number of fused-ring (bicyclic) bond motifs is 1. The SMILES string of the molecule is CC(C)Nc1nc(C2CSc3ccccc3O2)ns1. The number of benzene rings is 1. The predicted molar refractivity (Wildman–Crippen MR) is 79.2 cm³/mol. The second-order valence-electron chi connectivity index (χ2n) is 4.62. The smallest absolute Gasteiger partial charge is 0.202 e. The molecule has 0 spiro atoms. The van der Waals surface area contributed by atoms with Gasteiger partial charge in [0.1, 0.15) is 5.75 Å². The van der Waals surface area contributed by atoms with E-state index in [-0.39, 0.29) is 6.10 Å². The van der Waals surface area contributed by atoms with E-state index < -0.39 is 0 Å². The Morgan fingerprint density at radius 1 is 1.37 bits per heavy atom. The molecule has 0 saturated heterocycles. The quantitative estimate of drug-likeness (QED) is 0.937. The number of rotatable bonds is 3. The first kappa shape index (κ1) is 12.7. The van der Waals surface area contributed by atoms with E-state index in [2.05, 4.69) is 34.6 Å². The van der Waals surface area contributed by atoms with Gasteiger partial charge in [-0.05, 0) is 26.0 Å². The number of anilines is 1. The molecule has 1 aromatic carbocycles. The highest BCUT2D eigenvalue weighted by Crippen LogP contribution is 2.39. The van der Waals surface area contributed by atoms with Gasteiger partial charge in [-0.25, -0.2) is 0 Å². The van der Waals surface area contributed by atoms with Crippen molar-refractivity contribution in [2.24, 2.45) is 0 Å². The van der Waals surface area contributed by atoms with Crippen molar-refractivity contribution in [2.75, 3.05) is 11.1 Å². The number of thioether (sulfide) groups is 1. The van der Waals surface area contributed by atoms with Crippen molar-refractivity contribution in [1.82, 2.24) is 9.36 Å². The third kappa shape index (κ3) is 2.84. The highest BCUT2D eigenvalue weighted by molar-refractivity contribution is 7.99. The van der Waals surface area contributed by atoms with E-state index in [0.29, 0.717) is 6.04 Å². The van der Waals surface area contributed by atoms with Crippen molar-refractivity contribution in [3.63, 3.8) is 0 Å². The molecule has 0 amide bonds. The van der Waals surface area contributed by atoms with Gasteiger partial charge in [-0.15, -0.1) is 11.8 Å². The summed E-state index contributed by atoms with van der Waals surface area (Å²) in [5, 5.41) is 4.12. The molecule has 0 saturated carbocycles. The molecule has 1 atom stereocenters. The Balaban J connectivity index is 1.76. The molecule has 0 aliphatic carbocycles. The zero-order valence-corrected chi connectivity index (χ0v) is 12.4. The summed E-state index contributed by atoms with van der Waals surface area (Å²) in [4.78, 5) is 5.69. The second-order valence-corrected chi connectivity index (χ2v) is 6.43. The minimum absolute atomic E-state index is 0.0566. The molecule has 2 heterocycles. The maximum absolute atomic E-state index is 5.97. The molecule has 1 aliphatic heterocycles. The van der Waals surface area contributed by atoms with Crippen LogP contribution in [0.3, 0.4) is 0 Å². The lowest BCUT2D eigenvalue weighted by molar-refractivity contribution is 0.212. The summed E-state index contributed by atoms with van der Waals surface area (Å²) in [7, 11) is 0. The zero-order valence-electron chi connectivity index (χ0n) is 10.8. The van der Waals surface area contributed by atoms with Crippen LogP contribution in [0.1, 0.15) is 25.8 Å². The van der Waals surface area contributed by atoms with E-state index in [1.807, 2.05) is 18.2 Å². The fourth-order valence-corrected chi connectivity index (χ4v) is 3.56. The maximum Gasteiger partial charge on any atom is 0.202 e.